The molecule has 4 N–H and O–H groups in total. The van der Waals surface area contributed by atoms with E-state index in [0.717, 1.165) is 12.5 Å². The zero-order chi connectivity index (χ0) is 14.6. The van der Waals surface area contributed by atoms with Crippen LogP contribution in [0, 0.1) is 11.2 Å². The van der Waals surface area contributed by atoms with Gasteiger partial charge in [-0.05, 0) is 24.0 Å². The molecule has 0 aliphatic heterocycles. The van der Waals surface area contributed by atoms with Gasteiger partial charge in [0, 0.05) is 12.6 Å². The maximum absolute atomic E-state index is 13.4. The molecule has 1 unspecified atom stereocenters. The number of hydrogen-bond acceptors (Lipinski definition) is 3. The summed E-state index contributed by atoms with van der Waals surface area (Å²) in [6.45, 7) is 6.40. The lowest BCUT2D eigenvalue weighted by Crippen LogP contribution is -2.39. The standard InChI is InChI=1S/C14H21FN2O2/c1-14(2,3)7-9(16)8-17-13(19)12-10(15)5-4-6-11(12)18/h4-6,9,18H,7-8,16H2,1-3H3,(H,17,19). The Morgan fingerprint density at radius 1 is 1.47 bits per heavy atom. The van der Waals surface area contributed by atoms with Crippen molar-refractivity contribution in [1.29, 1.82) is 0 Å². The van der Waals surface area contributed by atoms with Gasteiger partial charge in [0.05, 0.1) is 0 Å². The van der Waals surface area contributed by atoms with E-state index < -0.39 is 11.7 Å². The van der Waals surface area contributed by atoms with Crippen molar-refractivity contribution in [3.8, 4) is 5.75 Å². The fraction of sp³-hybridized carbons (Fsp3) is 0.500. The monoisotopic (exact) mass is 268 g/mol. The third kappa shape index (κ3) is 4.87. The number of nitrogens with one attached hydrogen (secondary N) is 1. The Balaban J connectivity index is 2.61. The smallest absolute Gasteiger partial charge is 0.258 e. The van der Waals surface area contributed by atoms with E-state index in [1.54, 1.807) is 0 Å². The number of phenols is 1. The molecule has 0 radical (unpaired) electrons. The molecule has 0 saturated carbocycles. The van der Waals surface area contributed by atoms with Gasteiger partial charge in [-0.25, -0.2) is 4.39 Å². The van der Waals surface area contributed by atoms with Gasteiger partial charge in [0.2, 0.25) is 0 Å². The van der Waals surface area contributed by atoms with E-state index in [-0.39, 0.29) is 29.3 Å². The van der Waals surface area contributed by atoms with Gasteiger partial charge in [0.25, 0.3) is 5.91 Å². The molecule has 19 heavy (non-hydrogen) atoms. The molecule has 0 bridgehead atoms. The average Bonchev–Trinajstić information content (AvgIpc) is 2.23. The van der Waals surface area contributed by atoms with Crippen molar-refractivity contribution < 1.29 is 14.3 Å². The SMILES string of the molecule is CC(C)(C)CC(N)CNC(=O)c1c(O)cccc1F. The number of halogens is 1. The number of nitrogens with two attached hydrogens (primary N) is 1. The highest BCUT2D eigenvalue weighted by molar-refractivity contribution is 5.97. The number of carbonyl (C=O) groups excluding carboxylic acids is 1. The summed E-state index contributed by atoms with van der Waals surface area (Å²) >= 11 is 0. The fourth-order valence-corrected chi connectivity index (χ4v) is 1.91. The molecule has 0 aromatic heterocycles. The highest BCUT2D eigenvalue weighted by atomic mass is 19.1. The van der Waals surface area contributed by atoms with Crippen LogP contribution in [-0.2, 0) is 0 Å². The number of rotatable bonds is 4. The molecule has 0 heterocycles. The number of amides is 1. The van der Waals surface area contributed by atoms with Crippen LogP contribution in [0.1, 0.15) is 37.6 Å². The van der Waals surface area contributed by atoms with E-state index in [1.165, 1.54) is 12.1 Å². The van der Waals surface area contributed by atoms with Crippen molar-refractivity contribution in [3.63, 3.8) is 0 Å². The van der Waals surface area contributed by atoms with Crippen LogP contribution >= 0.6 is 0 Å². The molecular weight excluding hydrogens is 247 g/mol. The third-order valence-corrected chi connectivity index (χ3v) is 2.62. The van der Waals surface area contributed by atoms with Crippen LogP contribution in [0.2, 0.25) is 0 Å². The lowest BCUT2D eigenvalue weighted by Gasteiger charge is -2.23. The van der Waals surface area contributed by atoms with Crippen molar-refractivity contribution >= 4 is 5.91 Å². The number of phenolic OH excluding ortho intramolecular Hbond substituents is 1. The second kappa shape index (κ2) is 6.02. The van der Waals surface area contributed by atoms with E-state index >= 15 is 0 Å². The Morgan fingerprint density at radius 3 is 2.63 bits per heavy atom. The summed E-state index contributed by atoms with van der Waals surface area (Å²) in [5.74, 6) is -1.77. The topological polar surface area (TPSA) is 75.3 Å². The first-order valence-electron chi connectivity index (χ1n) is 6.22. The van der Waals surface area contributed by atoms with Crippen LogP contribution in [0.25, 0.3) is 0 Å². The van der Waals surface area contributed by atoms with Crippen LogP contribution in [0.15, 0.2) is 18.2 Å². The number of hydrogen-bond donors (Lipinski definition) is 3. The van der Waals surface area contributed by atoms with E-state index in [1.807, 2.05) is 0 Å². The molecule has 0 fully saturated rings. The molecule has 1 aromatic rings. The van der Waals surface area contributed by atoms with Crippen molar-refractivity contribution in [1.82, 2.24) is 5.32 Å². The number of benzene rings is 1. The van der Waals surface area contributed by atoms with Gasteiger partial charge in [-0.1, -0.05) is 26.8 Å². The first-order chi connectivity index (χ1) is 8.70. The summed E-state index contributed by atoms with van der Waals surface area (Å²) in [5, 5.41) is 12.0. The highest BCUT2D eigenvalue weighted by Crippen LogP contribution is 2.21. The first-order valence-corrected chi connectivity index (χ1v) is 6.22. The summed E-state index contributed by atoms with van der Waals surface area (Å²) in [6, 6.07) is 3.53. The second-order valence-corrected chi connectivity index (χ2v) is 5.87. The maximum atomic E-state index is 13.4. The van der Waals surface area contributed by atoms with Gasteiger partial charge >= 0.3 is 0 Å². The van der Waals surface area contributed by atoms with Crippen molar-refractivity contribution in [2.45, 2.75) is 33.2 Å². The van der Waals surface area contributed by atoms with Gasteiger partial charge in [0.1, 0.15) is 17.1 Å². The predicted octanol–water partition coefficient (Wildman–Crippen LogP) is 2.02. The summed E-state index contributed by atoms with van der Waals surface area (Å²) in [4.78, 5) is 11.8. The minimum absolute atomic E-state index is 0.0598. The van der Waals surface area contributed by atoms with Gasteiger partial charge in [-0.3, -0.25) is 4.79 Å². The maximum Gasteiger partial charge on any atom is 0.258 e. The minimum atomic E-state index is -0.748. The number of carbonyl (C=O) groups is 1. The largest absolute Gasteiger partial charge is 0.507 e. The van der Waals surface area contributed by atoms with E-state index in [2.05, 4.69) is 26.1 Å². The Bertz CT molecular complexity index is 435. The average molecular weight is 268 g/mol. The van der Waals surface area contributed by atoms with Gasteiger partial charge in [-0.2, -0.15) is 0 Å². The van der Waals surface area contributed by atoms with Gasteiger partial charge in [0.15, 0.2) is 0 Å². The first kappa shape index (κ1) is 15.4. The molecule has 0 saturated heterocycles. The second-order valence-electron chi connectivity index (χ2n) is 5.87. The molecule has 4 nitrogen and oxygen atoms in total. The zero-order valence-corrected chi connectivity index (χ0v) is 11.5. The Hall–Kier alpha value is -1.62. The van der Waals surface area contributed by atoms with Crippen LogP contribution < -0.4 is 11.1 Å². The quantitative estimate of drug-likeness (QED) is 0.782. The van der Waals surface area contributed by atoms with E-state index in [0.29, 0.717) is 0 Å². The molecule has 0 aliphatic carbocycles. The molecule has 1 aromatic carbocycles. The van der Waals surface area contributed by atoms with Crippen molar-refractivity contribution in [2.75, 3.05) is 6.54 Å². The van der Waals surface area contributed by atoms with Crippen molar-refractivity contribution in [3.05, 3.63) is 29.6 Å². The Morgan fingerprint density at radius 2 is 2.11 bits per heavy atom. The highest BCUT2D eigenvalue weighted by Gasteiger charge is 2.19. The normalized spacial score (nSPS) is 13.1. The summed E-state index contributed by atoms with van der Waals surface area (Å²) in [5.41, 5.74) is 5.61. The molecule has 5 heteroatoms. The van der Waals surface area contributed by atoms with E-state index in [4.69, 9.17) is 5.73 Å². The Labute approximate surface area is 112 Å². The zero-order valence-electron chi connectivity index (χ0n) is 11.5. The number of aromatic hydroxyl groups is 1. The molecule has 1 atom stereocenters. The third-order valence-electron chi connectivity index (χ3n) is 2.62. The van der Waals surface area contributed by atoms with E-state index in [9.17, 15) is 14.3 Å². The van der Waals surface area contributed by atoms with Crippen molar-refractivity contribution in [2.24, 2.45) is 11.1 Å². The summed E-state index contributed by atoms with van der Waals surface area (Å²) in [7, 11) is 0. The van der Waals surface area contributed by atoms with Gasteiger partial charge < -0.3 is 16.2 Å². The fourth-order valence-electron chi connectivity index (χ4n) is 1.91. The van der Waals surface area contributed by atoms with Crippen LogP contribution in [0.4, 0.5) is 4.39 Å². The molecule has 1 amide bonds. The molecule has 0 aliphatic rings. The van der Waals surface area contributed by atoms with Crippen LogP contribution in [0.3, 0.4) is 0 Å². The Kier molecular flexibility index (Phi) is 4.89. The minimum Gasteiger partial charge on any atom is -0.507 e. The lowest BCUT2D eigenvalue weighted by molar-refractivity contribution is 0.0941. The summed E-state index contributed by atoms with van der Waals surface area (Å²) < 4.78 is 13.4. The molecule has 1 rings (SSSR count). The molecule has 106 valence electrons. The molecule has 0 spiro atoms. The summed E-state index contributed by atoms with van der Waals surface area (Å²) in [6.07, 6.45) is 0.733. The van der Waals surface area contributed by atoms with Crippen LogP contribution in [-0.4, -0.2) is 23.6 Å². The van der Waals surface area contributed by atoms with Gasteiger partial charge in [-0.15, -0.1) is 0 Å². The lowest BCUT2D eigenvalue weighted by atomic mass is 9.88. The van der Waals surface area contributed by atoms with Crippen LogP contribution in [0.5, 0.6) is 5.75 Å². The molecular formula is C14H21FN2O2. The predicted molar refractivity (Wildman–Crippen MR) is 72.4 cm³/mol.